The van der Waals surface area contributed by atoms with E-state index in [1.807, 2.05) is 36.6 Å². The molecule has 0 bridgehead atoms. The molecule has 8 heteroatoms. The first kappa shape index (κ1) is 20.4. The number of carbonyl (C=O) groups excluding carboxylic acids is 1. The van der Waals surface area contributed by atoms with Crippen LogP contribution in [0.5, 0.6) is 0 Å². The lowest BCUT2D eigenvalue weighted by Crippen LogP contribution is -2.22. The summed E-state index contributed by atoms with van der Waals surface area (Å²) in [4.78, 5) is 17.0. The van der Waals surface area contributed by atoms with E-state index in [1.54, 1.807) is 4.68 Å². The van der Waals surface area contributed by atoms with Gasteiger partial charge in [0.1, 0.15) is 5.69 Å². The summed E-state index contributed by atoms with van der Waals surface area (Å²) in [6, 6.07) is 10.0. The molecule has 0 radical (unpaired) electrons. The number of halogens is 1. The van der Waals surface area contributed by atoms with Crippen LogP contribution in [-0.2, 0) is 12.0 Å². The molecular formula is C20H22BrN5OS. The van der Waals surface area contributed by atoms with E-state index in [-0.39, 0.29) is 11.3 Å². The fourth-order valence-electron chi connectivity index (χ4n) is 2.61. The second-order valence-electron chi connectivity index (χ2n) is 7.54. The van der Waals surface area contributed by atoms with Crippen LogP contribution >= 0.6 is 27.3 Å². The van der Waals surface area contributed by atoms with Gasteiger partial charge in [0.05, 0.1) is 24.1 Å². The third-order valence-corrected chi connectivity index (χ3v) is 5.44. The van der Waals surface area contributed by atoms with Crippen molar-refractivity contribution in [3.05, 3.63) is 67.8 Å². The number of thiazole rings is 1. The Kier molecular flexibility index (Phi) is 6.10. The maximum atomic E-state index is 12.7. The smallest absolute Gasteiger partial charge is 0.266 e. The summed E-state index contributed by atoms with van der Waals surface area (Å²) in [5.74, 6) is -0.304. The monoisotopic (exact) mass is 459 g/mol. The molecule has 2 aromatic heterocycles. The van der Waals surface area contributed by atoms with Gasteiger partial charge in [0.15, 0.2) is 3.92 Å². The van der Waals surface area contributed by atoms with Crippen LogP contribution in [0.1, 0.15) is 53.8 Å². The molecule has 0 fully saturated rings. The highest BCUT2D eigenvalue weighted by Gasteiger charge is 2.23. The number of hydrogen-bond acceptors (Lipinski definition) is 5. The number of aromatic nitrogens is 3. The molecule has 1 N–H and O–H groups in total. The summed E-state index contributed by atoms with van der Waals surface area (Å²) in [6.45, 7) is 8.79. The van der Waals surface area contributed by atoms with Gasteiger partial charge in [0, 0.05) is 10.8 Å². The molecule has 0 saturated carbocycles. The molecule has 3 rings (SSSR count). The molecule has 0 saturated heterocycles. The van der Waals surface area contributed by atoms with E-state index in [2.05, 4.69) is 63.4 Å². The Morgan fingerprint density at radius 1 is 1.36 bits per heavy atom. The van der Waals surface area contributed by atoms with Gasteiger partial charge in [-0.25, -0.2) is 10.4 Å². The van der Waals surface area contributed by atoms with Gasteiger partial charge in [-0.05, 0) is 34.5 Å². The summed E-state index contributed by atoms with van der Waals surface area (Å²) >= 11 is 4.76. The normalized spacial score (nSPS) is 11.9. The number of carbonyl (C=O) groups is 1. The molecule has 0 spiro atoms. The largest absolute Gasteiger partial charge is 0.289 e. The second kappa shape index (κ2) is 8.36. The Bertz CT molecular complexity index is 1020. The highest BCUT2D eigenvalue weighted by Crippen LogP contribution is 2.22. The van der Waals surface area contributed by atoms with Gasteiger partial charge in [0.2, 0.25) is 0 Å². The van der Waals surface area contributed by atoms with Crippen molar-refractivity contribution in [2.24, 2.45) is 5.10 Å². The molecule has 2 heterocycles. The van der Waals surface area contributed by atoms with Crippen molar-refractivity contribution in [2.75, 3.05) is 0 Å². The van der Waals surface area contributed by atoms with Crippen LogP contribution in [-0.4, -0.2) is 26.9 Å². The predicted molar refractivity (Wildman–Crippen MR) is 116 cm³/mol. The molecule has 146 valence electrons. The Hall–Kier alpha value is -2.32. The summed E-state index contributed by atoms with van der Waals surface area (Å²) in [5.41, 5.74) is 6.69. The summed E-state index contributed by atoms with van der Waals surface area (Å²) < 4.78 is 2.51. The van der Waals surface area contributed by atoms with Crippen LogP contribution < -0.4 is 5.43 Å². The number of benzene rings is 1. The maximum Gasteiger partial charge on any atom is 0.289 e. The first-order valence-corrected chi connectivity index (χ1v) is 10.5. The zero-order valence-electron chi connectivity index (χ0n) is 16.2. The van der Waals surface area contributed by atoms with Crippen molar-refractivity contribution in [3.8, 4) is 0 Å². The molecule has 0 atom stereocenters. The lowest BCUT2D eigenvalue weighted by Gasteiger charge is -2.14. The maximum absolute atomic E-state index is 12.7. The van der Waals surface area contributed by atoms with Crippen LogP contribution in [0.15, 0.2) is 44.7 Å². The first-order valence-electron chi connectivity index (χ1n) is 8.81. The molecular weight excluding hydrogens is 438 g/mol. The minimum Gasteiger partial charge on any atom is -0.266 e. The lowest BCUT2D eigenvalue weighted by atomic mass is 9.92. The van der Waals surface area contributed by atoms with Gasteiger partial charge in [-0.15, -0.1) is 11.3 Å². The third kappa shape index (κ3) is 5.14. The van der Waals surface area contributed by atoms with Gasteiger partial charge in [-0.3, -0.25) is 9.48 Å². The first-order chi connectivity index (χ1) is 13.2. The Balaban J connectivity index is 1.84. The average molecular weight is 460 g/mol. The van der Waals surface area contributed by atoms with Gasteiger partial charge in [-0.1, -0.05) is 50.6 Å². The summed E-state index contributed by atoms with van der Waals surface area (Å²) in [5, 5.41) is 10.6. The quantitative estimate of drug-likeness (QED) is 0.450. The number of nitrogens with one attached hydrogen (secondary N) is 1. The van der Waals surface area contributed by atoms with E-state index < -0.39 is 0 Å². The Labute approximate surface area is 176 Å². The van der Waals surface area contributed by atoms with Crippen molar-refractivity contribution < 1.29 is 4.79 Å². The highest BCUT2D eigenvalue weighted by molar-refractivity contribution is 9.11. The van der Waals surface area contributed by atoms with Gasteiger partial charge in [0.25, 0.3) is 5.91 Å². The van der Waals surface area contributed by atoms with Crippen molar-refractivity contribution in [2.45, 2.75) is 39.7 Å². The van der Waals surface area contributed by atoms with Crippen LogP contribution in [0.3, 0.4) is 0 Å². The van der Waals surface area contributed by atoms with Gasteiger partial charge in [-0.2, -0.15) is 10.2 Å². The van der Waals surface area contributed by atoms with E-state index in [9.17, 15) is 4.79 Å². The van der Waals surface area contributed by atoms with Crippen LogP contribution in [0.25, 0.3) is 0 Å². The minimum atomic E-state index is -0.304. The number of rotatable bonds is 5. The average Bonchev–Trinajstić information content (AvgIpc) is 3.21. The standard InChI is InChI=1S/C20H22BrN5OS/c1-13-6-5-7-14(8-13)11-26-16(9-17(25-26)20(2,3)4)18(27)24-22-10-15-12-28-19(21)23-15/h5-10,12H,11H2,1-4H3,(H,24,27)/b22-10+. The summed E-state index contributed by atoms with van der Waals surface area (Å²) in [7, 11) is 0. The third-order valence-electron chi connectivity index (χ3n) is 4.05. The zero-order chi connectivity index (χ0) is 20.3. The number of amides is 1. The van der Waals surface area contributed by atoms with Crippen molar-refractivity contribution in [1.29, 1.82) is 0 Å². The minimum absolute atomic E-state index is 0.164. The van der Waals surface area contributed by atoms with E-state index >= 15 is 0 Å². The summed E-state index contributed by atoms with van der Waals surface area (Å²) in [6.07, 6.45) is 1.52. The van der Waals surface area contributed by atoms with Crippen molar-refractivity contribution in [1.82, 2.24) is 20.2 Å². The molecule has 3 aromatic rings. The zero-order valence-corrected chi connectivity index (χ0v) is 18.6. The lowest BCUT2D eigenvalue weighted by molar-refractivity contribution is 0.0945. The number of aryl methyl sites for hydroxylation is 1. The van der Waals surface area contributed by atoms with Crippen molar-refractivity contribution in [3.63, 3.8) is 0 Å². The Morgan fingerprint density at radius 2 is 2.14 bits per heavy atom. The molecule has 1 aromatic carbocycles. The second-order valence-corrected chi connectivity index (χ2v) is 9.67. The van der Waals surface area contributed by atoms with Crippen molar-refractivity contribution >= 4 is 39.4 Å². The number of hydrazone groups is 1. The molecule has 6 nitrogen and oxygen atoms in total. The van der Waals surface area contributed by atoms with Gasteiger partial charge >= 0.3 is 0 Å². The fourth-order valence-corrected chi connectivity index (χ4v) is 3.58. The van der Waals surface area contributed by atoms with Crippen LogP contribution in [0.4, 0.5) is 0 Å². The van der Waals surface area contributed by atoms with Gasteiger partial charge < -0.3 is 0 Å². The molecule has 0 aliphatic carbocycles. The van der Waals surface area contributed by atoms with E-state index in [4.69, 9.17) is 0 Å². The SMILES string of the molecule is Cc1cccc(Cn2nc(C(C)(C)C)cc2C(=O)N/N=C/c2csc(Br)n2)c1. The number of hydrogen-bond donors (Lipinski definition) is 1. The molecule has 1 amide bonds. The molecule has 0 aliphatic heterocycles. The Morgan fingerprint density at radius 3 is 2.79 bits per heavy atom. The van der Waals surface area contributed by atoms with E-state index in [1.165, 1.54) is 23.1 Å². The fraction of sp³-hybridized carbons (Fsp3) is 0.300. The topological polar surface area (TPSA) is 72.2 Å². The van der Waals surface area contributed by atoms with Crippen LogP contribution in [0, 0.1) is 6.92 Å². The molecule has 0 unspecified atom stereocenters. The molecule has 28 heavy (non-hydrogen) atoms. The number of nitrogens with zero attached hydrogens (tertiary/aromatic N) is 4. The molecule has 0 aliphatic rings. The van der Waals surface area contributed by atoms with E-state index in [0.29, 0.717) is 17.9 Å². The highest BCUT2D eigenvalue weighted by atomic mass is 79.9. The van der Waals surface area contributed by atoms with Crippen LogP contribution in [0.2, 0.25) is 0 Å². The van der Waals surface area contributed by atoms with E-state index in [0.717, 1.165) is 15.2 Å². The predicted octanol–water partition coefficient (Wildman–Crippen LogP) is 4.52.